The van der Waals surface area contributed by atoms with Gasteiger partial charge in [-0.05, 0) is 30.5 Å². The molecule has 1 aromatic rings. The Morgan fingerprint density at radius 2 is 1.88 bits per heavy atom. The van der Waals surface area contributed by atoms with E-state index in [4.69, 9.17) is 4.74 Å². The molecule has 1 atom stereocenters. The molecule has 6 heteroatoms. The first-order valence-corrected chi connectivity index (χ1v) is 10.6. The molecule has 5 nitrogen and oxygen atoms in total. The molecule has 0 aliphatic carbocycles. The van der Waals surface area contributed by atoms with Crippen LogP contribution in [-0.4, -0.2) is 32.5 Å². The largest absolute Gasteiger partial charge is 0.465 e. The van der Waals surface area contributed by atoms with Crippen LogP contribution in [-0.2, 0) is 30.6 Å². The van der Waals surface area contributed by atoms with Crippen LogP contribution in [0.5, 0.6) is 0 Å². The highest BCUT2D eigenvalue weighted by molar-refractivity contribution is 7.91. The second-order valence-electron chi connectivity index (χ2n) is 6.60. The number of cyclic esters (lactones) is 1. The molecule has 0 amide bonds. The lowest BCUT2D eigenvalue weighted by Crippen LogP contribution is -2.20. The van der Waals surface area contributed by atoms with Crippen LogP contribution in [0.2, 0.25) is 0 Å². The Morgan fingerprint density at radius 3 is 2.48 bits per heavy atom. The smallest absolute Gasteiger partial charge is 0.310 e. The summed E-state index contributed by atoms with van der Waals surface area (Å²) in [5, 5.41) is 0. The molecule has 1 aromatic carbocycles. The highest BCUT2D eigenvalue weighted by Gasteiger charge is 2.32. The monoisotopic (exact) mass is 366 g/mol. The highest BCUT2D eigenvalue weighted by Crippen LogP contribution is 2.21. The van der Waals surface area contributed by atoms with Crippen LogP contribution in [0.4, 0.5) is 0 Å². The van der Waals surface area contributed by atoms with Crippen LogP contribution in [0.1, 0.15) is 51.0 Å². The minimum atomic E-state index is -3.53. The van der Waals surface area contributed by atoms with Crippen molar-refractivity contribution in [3.63, 3.8) is 0 Å². The third-order valence-corrected chi connectivity index (χ3v) is 6.29. The molecule has 0 spiro atoms. The summed E-state index contributed by atoms with van der Waals surface area (Å²) in [5.74, 6) is -1.05. The van der Waals surface area contributed by atoms with Crippen molar-refractivity contribution in [2.24, 2.45) is 5.92 Å². The summed E-state index contributed by atoms with van der Waals surface area (Å²) in [7, 11) is -3.53. The third kappa shape index (κ3) is 5.96. The van der Waals surface area contributed by atoms with Crippen molar-refractivity contribution in [2.75, 3.05) is 12.4 Å². The maximum atomic E-state index is 12.4. The minimum absolute atomic E-state index is 0.181. The van der Waals surface area contributed by atoms with E-state index < -0.39 is 21.7 Å². The summed E-state index contributed by atoms with van der Waals surface area (Å²) in [6.45, 7) is 2.42. The summed E-state index contributed by atoms with van der Waals surface area (Å²) in [5.41, 5.74) is 0.819. The predicted octanol–water partition coefficient (Wildman–Crippen LogP) is 3.11. The van der Waals surface area contributed by atoms with Crippen molar-refractivity contribution in [1.29, 1.82) is 0 Å². The van der Waals surface area contributed by atoms with Gasteiger partial charge in [0.15, 0.2) is 9.84 Å². The Kier molecular flexibility index (Phi) is 7.17. The van der Waals surface area contributed by atoms with E-state index in [0.29, 0.717) is 25.9 Å². The number of hydrogen-bond acceptors (Lipinski definition) is 5. The van der Waals surface area contributed by atoms with Crippen LogP contribution in [0.25, 0.3) is 0 Å². The van der Waals surface area contributed by atoms with Gasteiger partial charge in [0.25, 0.3) is 0 Å². The summed E-state index contributed by atoms with van der Waals surface area (Å²) in [4.78, 5) is 23.6. The zero-order valence-corrected chi connectivity index (χ0v) is 15.5. The zero-order valence-electron chi connectivity index (χ0n) is 14.7. The molecule has 0 radical (unpaired) electrons. The van der Waals surface area contributed by atoms with E-state index in [9.17, 15) is 18.0 Å². The van der Waals surface area contributed by atoms with Crippen molar-refractivity contribution in [1.82, 2.24) is 0 Å². The lowest BCUT2D eigenvalue weighted by atomic mass is 10.0. The van der Waals surface area contributed by atoms with Gasteiger partial charge < -0.3 is 4.74 Å². The van der Waals surface area contributed by atoms with E-state index in [1.54, 1.807) is 12.1 Å². The molecule has 0 unspecified atom stereocenters. The fraction of sp³-hybridized carbons (Fsp3) is 0.579. The number of carbonyl (C=O) groups excluding carboxylic acids is 2. The molecule has 0 bridgehead atoms. The van der Waals surface area contributed by atoms with Gasteiger partial charge in [-0.15, -0.1) is 0 Å². The SMILES string of the molecule is CCCCCCC(=O)Cc1ccc(S(=O)(=O)C[C@H]2CCOC2=O)cc1. The first-order chi connectivity index (χ1) is 11.9. The lowest BCUT2D eigenvalue weighted by Gasteiger charge is -2.08. The maximum absolute atomic E-state index is 12.4. The van der Waals surface area contributed by atoms with E-state index in [1.807, 2.05) is 0 Å². The quantitative estimate of drug-likeness (QED) is 0.470. The molecule has 1 aliphatic rings. The second kappa shape index (κ2) is 9.13. The molecule has 1 aliphatic heterocycles. The molecule has 1 heterocycles. The average molecular weight is 366 g/mol. The number of ketones is 1. The van der Waals surface area contributed by atoms with E-state index in [-0.39, 0.29) is 16.4 Å². The number of carbonyl (C=O) groups is 2. The van der Waals surface area contributed by atoms with Crippen molar-refractivity contribution in [3.8, 4) is 0 Å². The molecule has 0 aromatic heterocycles. The summed E-state index contributed by atoms with van der Waals surface area (Å²) < 4.78 is 29.6. The van der Waals surface area contributed by atoms with Gasteiger partial charge in [-0.1, -0.05) is 38.3 Å². The van der Waals surface area contributed by atoms with Crippen LogP contribution in [0.3, 0.4) is 0 Å². The number of rotatable bonds is 10. The molecule has 0 N–H and O–H groups in total. The van der Waals surface area contributed by atoms with E-state index in [0.717, 1.165) is 31.2 Å². The van der Waals surface area contributed by atoms with Crippen LogP contribution in [0.15, 0.2) is 29.2 Å². The number of sulfone groups is 1. The van der Waals surface area contributed by atoms with Gasteiger partial charge in [-0.2, -0.15) is 0 Å². The fourth-order valence-electron chi connectivity index (χ4n) is 2.93. The van der Waals surface area contributed by atoms with E-state index in [2.05, 4.69) is 6.92 Å². The number of unbranched alkanes of at least 4 members (excludes halogenated alkanes) is 3. The van der Waals surface area contributed by atoms with Gasteiger partial charge in [-0.25, -0.2) is 8.42 Å². The number of esters is 1. The van der Waals surface area contributed by atoms with Gasteiger partial charge in [0.1, 0.15) is 5.78 Å². The normalized spacial score (nSPS) is 17.5. The Labute approximate surface area is 149 Å². The Morgan fingerprint density at radius 1 is 1.16 bits per heavy atom. The molecule has 0 saturated carbocycles. The van der Waals surface area contributed by atoms with Crippen molar-refractivity contribution in [3.05, 3.63) is 29.8 Å². The van der Waals surface area contributed by atoms with Crippen molar-refractivity contribution in [2.45, 2.75) is 56.8 Å². The van der Waals surface area contributed by atoms with Crippen LogP contribution >= 0.6 is 0 Å². The Bertz CT molecular complexity index is 691. The molecule has 1 saturated heterocycles. The Hall–Kier alpha value is -1.69. The van der Waals surface area contributed by atoms with Crippen LogP contribution in [0, 0.1) is 5.92 Å². The highest BCUT2D eigenvalue weighted by atomic mass is 32.2. The predicted molar refractivity (Wildman–Crippen MR) is 95.0 cm³/mol. The standard InChI is InChI=1S/C19H26O5S/c1-2-3-4-5-6-17(20)13-15-7-9-18(10-8-15)25(22,23)14-16-11-12-24-19(16)21/h7-10,16H,2-6,11-14H2,1H3/t16-/m1/s1. The topological polar surface area (TPSA) is 77.5 Å². The first-order valence-electron chi connectivity index (χ1n) is 8.92. The lowest BCUT2D eigenvalue weighted by molar-refractivity contribution is -0.140. The second-order valence-corrected chi connectivity index (χ2v) is 8.64. The molecule has 25 heavy (non-hydrogen) atoms. The van der Waals surface area contributed by atoms with Gasteiger partial charge in [-0.3, -0.25) is 9.59 Å². The maximum Gasteiger partial charge on any atom is 0.310 e. The van der Waals surface area contributed by atoms with Gasteiger partial charge in [0.2, 0.25) is 0 Å². The first kappa shape index (κ1) is 19.6. The molecular formula is C19H26O5S. The molecule has 1 fully saturated rings. The van der Waals surface area contributed by atoms with E-state index >= 15 is 0 Å². The number of ether oxygens (including phenoxy) is 1. The van der Waals surface area contributed by atoms with Crippen molar-refractivity contribution >= 4 is 21.6 Å². The number of hydrogen-bond donors (Lipinski definition) is 0. The molecular weight excluding hydrogens is 340 g/mol. The number of Topliss-reactive ketones (excluding diaryl/α,β-unsaturated/α-hetero) is 1. The minimum Gasteiger partial charge on any atom is -0.465 e. The zero-order chi connectivity index (χ0) is 18.3. The van der Waals surface area contributed by atoms with Gasteiger partial charge in [0, 0.05) is 12.8 Å². The fourth-order valence-corrected chi connectivity index (χ4v) is 4.51. The van der Waals surface area contributed by atoms with Crippen LogP contribution < -0.4 is 0 Å². The number of benzene rings is 1. The molecule has 2 rings (SSSR count). The van der Waals surface area contributed by atoms with Gasteiger partial charge >= 0.3 is 5.97 Å². The Balaban J connectivity index is 1.90. The summed E-state index contributed by atoms with van der Waals surface area (Å²) in [6.07, 6.45) is 5.63. The molecule has 138 valence electrons. The van der Waals surface area contributed by atoms with Crippen molar-refractivity contribution < 1.29 is 22.7 Å². The van der Waals surface area contributed by atoms with Gasteiger partial charge in [0.05, 0.1) is 23.2 Å². The summed E-state index contributed by atoms with van der Waals surface area (Å²) >= 11 is 0. The average Bonchev–Trinajstić information content (AvgIpc) is 2.96. The van der Waals surface area contributed by atoms with E-state index in [1.165, 1.54) is 12.1 Å². The summed E-state index contributed by atoms with van der Waals surface area (Å²) in [6, 6.07) is 6.41. The third-order valence-electron chi connectivity index (χ3n) is 4.46.